The lowest BCUT2D eigenvalue weighted by molar-refractivity contribution is 1.06. The van der Waals surface area contributed by atoms with Crippen LogP contribution >= 0.6 is 0 Å². The van der Waals surface area contributed by atoms with Crippen molar-refractivity contribution in [3.8, 4) is 22.8 Å². The maximum absolute atomic E-state index is 4.67. The quantitative estimate of drug-likeness (QED) is 0.609. The molecular formula is C20H16N4. The lowest BCUT2D eigenvalue weighted by Crippen LogP contribution is -2.02. The molecule has 0 radical (unpaired) electrons. The number of nitrogens with zero attached hydrogens (tertiary/aromatic N) is 3. The van der Waals surface area contributed by atoms with E-state index in [1.165, 1.54) is 10.8 Å². The van der Waals surface area contributed by atoms with Gasteiger partial charge in [0.25, 0.3) is 0 Å². The molecule has 4 heteroatoms. The van der Waals surface area contributed by atoms with Crippen LogP contribution in [0.5, 0.6) is 0 Å². The van der Waals surface area contributed by atoms with Gasteiger partial charge in [-0.1, -0.05) is 66.7 Å². The largest absolute Gasteiger partial charge is 0.357 e. The Hall–Kier alpha value is -3.27. The van der Waals surface area contributed by atoms with E-state index in [0.717, 1.165) is 11.1 Å². The summed E-state index contributed by atoms with van der Waals surface area (Å²) >= 11 is 0. The van der Waals surface area contributed by atoms with Gasteiger partial charge in [-0.2, -0.15) is 9.97 Å². The third-order valence-corrected chi connectivity index (χ3v) is 3.90. The molecule has 1 heterocycles. The van der Waals surface area contributed by atoms with Crippen molar-refractivity contribution in [2.24, 2.45) is 0 Å². The first-order valence-corrected chi connectivity index (χ1v) is 7.82. The molecule has 3 aromatic carbocycles. The number of nitrogens with one attached hydrogen (secondary N) is 1. The highest BCUT2D eigenvalue weighted by Crippen LogP contribution is 2.24. The molecule has 0 unspecified atom stereocenters. The van der Waals surface area contributed by atoms with Gasteiger partial charge >= 0.3 is 0 Å². The van der Waals surface area contributed by atoms with Crippen molar-refractivity contribution >= 4 is 16.7 Å². The molecule has 116 valence electrons. The lowest BCUT2D eigenvalue weighted by atomic mass is 10.1. The zero-order chi connectivity index (χ0) is 16.4. The van der Waals surface area contributed by atoms with Gasteiger partial charge in [-0.25, -0.2) is 4.98 Å². The molecule has 0 amide bonds. The summed E-state index contributed by atoms with van der Waals surface area (Å²) in [6, 6.07) is 24.5. The Balaban J connectivity index is 1.87. The summed E-state index contributed by atoms with van der Waals surface area (Å²) < 4.78 is 0. The van der Waals surface area contributed by atoms with Gasteiger partial charge in [0.2, 0.25) is 5.95 Å². The topological polar surface area (TPSA) is 50.7 Å². The second-order valence-electron chi connectivity index (χ2n) is 5.48. The SMILES string of the molecule is CNc1nc(-c2ccccc2)nc(-c2ccc3ccccc3c2)n1. The van der Waals surface area contributed by atoms with Crippen molar-refractivity contribution < 1.29 is 0 Å². The van der Waals surface area contributed by atoms with Crippen LogP contribution in [0.4, 0.5) is 5.95 Å². The Kier molecular flexibility index (Phi) is 3.63. The fourth-order valence-corrected chi connectivity index (χ4v) is 2.66. The van der Waals surface area contributed by atoms with Crippen LogP contribution in [0.1, 0.15) is 0 Å². The van der Waals surface area contributed by atoms with E-state index in [0.29, 0.717) is 17.6 Å². The number of hydrogen-bond donors (Lipinski definition) is 1. The van der Waals surface area contributed by atoms with Crippen molar-refractivity contribution in [1.82, 2.24) is 15.0 Å². The second kappa shape index (κ2) is 6.08. The molecule has 0 aliphatic carbocycles. The minimum absolute atomic E-state index is 0.562. The van der Waals surface area contributed by atoms with Gasteiger partial charge in [-0.3, -0.25) is 0 Å². The molecule has 0 atom stereocenters. The maximum atomic E-state index is 4.67. The number of anilines is 1. The number of fused-ring (bicyclic) bond motifs is 1. The monoisotopic (exact) mass is 312 g/mol. The van der Waals surface area contributed by atoms with Gasteiger partial charge in [0.05, 0.1) is 0 Å². The summed E-state index contributed by atoms with van der Waals surface area (Å²) in [7, 11) is 1.81. The summed E-state index contributed by atoms with van der Waals surface area (Å²) in [5, 5.41) is 5.39. The highest BCUT2D eigenvalue weighted by molar-refractivity contribution is 5.86. The second-order valence-corrected chi connectivity index (χ2v) is 5.48. The molecule has 1 aromatic heterocycles. The Morgan fingerprint density at radius 2 is 1.29 bits per heavy atom. The average Bonchev–Trinajstić information content (AvgIpc) is 2.68. The van der Waals surface area contributed by atoms with Crippen molar-refractivity contribution in [2.45, 2.75) is 0 Å². The van der Waals surface area contributed by atoms with Gasteiger partial charge in [-0.15, -0.1) is 0 Å². The zero-order valence-electron chi connectivity index (χ0n) is 13.3. The molecule has 0 bridgehead atoms. The van der Waals surface area contributed by atoms with Crippen LogP contribution in [0.2, 0.25) is 0 Å². The maximum Gasteiger partial charge on any atom is 0.226 e. The van der Waals surface area contributed by atoms with Crippen LogP contribution in [0.15, 0.2) is 72.8 Å². The van der Waals surface area contributed by atoms with E-state index in [9.17, 15) is 0 Å². The van der Waals surface area contributed by atoms with Crippen LogP contribution in [-0.4, -0.2) is 22.0 Å². The zero-order valence-corrected chi connectivity index (χ0v) is 13.3. The van der Waals surface area contributed by atoms with Crippen LogP contribution < -0.4 is 5.32 Å². The van der Waals surface area contributed by atoms with Crippen molar-refractivity contribution in [3.05, 3.63) is 72.8 Å². The molecule has 24 heavy (non-hydrogen) atoms. The Morgan fingerprint density at radius 1 is 0.625 bits per heavy atom. The predicted molar refractivity (Wildman–Crippen MR) is 97.8 cm³/mol. The molecule has 0 aliphatic heterocycles. The first-order chi connectivity index (χ1) is 11.8. The minimum atomic E-state index is 0.562. The normalized spacial score (nSPS) is 10.7. The van der Waals surface area contributed by atoms with E-state index >= 15 is 0 Å². The third-order valence-electron chi connectivity index (χ3n) is 3.90. The molecular weight excluding hydrogens is 296 g/mol. The molecule has 4 rings (SSSR count). The van der Waals surface area contributed by atoms with Gasteiger partial charge < -0.3 is 5.32 Å². The molecule has 1 N–H and O–H groups in total. The minimum Gasteiger partial charge on any atom is -0.357 e. The van der Waals surface area contributed by atoms with Gasteiger partial charge in [0.15, 0.2) is 11.6 Å². The van der Waals surface area contributed by atoms with Crippen LogP contribution in [0, 0.1) is 0 Å². The molecule has 0 saturated carbocycles. The molecule has 4 aromatic rings. The van der Waals surface area contributed by atoms with E-state index < -0.39 is 0 Å². The highest BCUT2D eigenvalue weighted by atomic mass is 15.1. The van der Waals surface area contributed by atoms with Gasteiger partial charge in [0, 0.05) is 18.2 Å². The Bertz CT molecular complexity index is 997. The number of hydrogen-bond acceptors (Lipinski definition) is 4. The average molecular weight is 312 g/mol. The van der Waals surface area contributed by atoms with Crippen molar-refractivity contribution in [1.29, 1.82) is 0 Å². The summed E-state index contributed by atoms with van der Waals surface area (Å²) in [5.74, 6) is 1.89. The van der Waals surface area contributed by atoms with Crippen LogP contribution in [0.25, 0.3) is 33.5 Å². The van der Waals surface area contributed by atoms with E-state index in [1.54, 1.807) is 0 Å². The molecule has 0 saturated heterocycles. The van der Waals surface area contributed by atoms with E-state index in [2.05, 4.69) is 44.5 Å². The summed E-state index contributed by atoms with van der Waals surface area (Å²) in [6.07, 6.45) is 0. The number of benzene rings is 3. The van der Waals surface area contributed by atoms with Crippen molar-refractivity contribution in [2.75, 3.05) is 12.4 Å². The lowest BCUT2D eigenvalue weighted by Gasteiger charge is -2.08. The van der Waals surface area contributed by atoms with Crippen molar-refractivity contribution in [3.63, 3.8) is 0 Å². The molecule has 0 fully saturated rings. The van der Waals surface area contributed by atoms with Crippen LogP contribution in [-0.2, 0) is 0 Å². The first kappa shape index (κ1) is 14.3. The standard InChI is InChI=1S/C20H16N4/c1-21-20-23-18(15-8-3-2-4-9-15)22-19(24-20)17-12-11-14-7-5-6-10-16(14)13-17/h2-13H,1H3,(H,21,22,23,24). The van der Waals surface area contributed by atoms with Gasteiger partial charge in [0.1, 0.15) is 0 Å². The van der Waals surface area contributed by atoms with E-state index in [4.69, 9.17) is 0 Å². The summed E-state index contributed by atoms with van der Waals surface area (Å²) in [6.45, 7) is 0. The third kappa shape index (κ3) is 2.70. The molecule has 0 aliphatic rings. The first-order valence-electron chi connectivity index (χ1n) is 7.82. The number of rotatable bonds is 3. The van der Waals surface area contributed by atoms with E-state index in [-0.39, 0.29) is 0 Å². The fourth-order valence-electron chi connectivity index (χ4n) is 2.66. The summed E-state index contributed by atoms with van der Waals surface area (Å²) in [4.78, 5) is 13.7. The van der Waals surface area contributed by atoms with Gasteiger partial charge in [-0.05, 0) is 16.8 Å². The van der Waals surface area contributed by atoms with Crippen LogP contribution in [0.3, 0.4) is 0 Å². The smallest absolute Gasteiger partial charge is 0.226 e. The molecule has 0 spiro atoms. The Labute approximate surface area is 140 Å². The predicted octanol–water partition coefficient (Wildman–Crippen LogP) is 4.40. The number of aromatic nitrogens is 3. The Morgan fingerprint density at radius 3 is 2.04 bits per heavy atom. The fraction of sp³-hybridized carbons (Fsp3) is 0.0500. The summed E-state index contributed by atoms with van der Waals surface area (Å²) in [5.41, 5.74) is 1.95. The highest BCUT2D eigenvalue weighted by Gasteiger charge is 2.10. The van der Waals surface area contributed by atoms with E-state index in [1.807, 2.05) is 55.6 Å². The molecule has 4 nitrogen and oxygen atoms in total.